The molecule has 21 nitrogen and oxygen atoms in total. The van der Waals surface area contributed by atoms with Crippen molar-refractivity contribution >= 4 is 63.4 Å². The number of rotatable bonds is 19. The van der Waals surface area contributed by atoms with Crippen molar-refractivity contribution in [3.05, 3.63) is 118 Å². The van der Waals surface area contributed by atoms with Crippen molar-refractivity contribution in [2.75, 3.05) is 64.4 Å². The van der Waals surface area contributed by atoms with Gasteiger partial charge in [0.1, 0.15) is 52.9 Å². The number of aromatic nitrogens is 4. The van der Waals surface area contributed by atoms with E-state index in [1.165, 1.54) is 73.3 Å². The first kappa shape index (κ1) is 63.9. The molecule has 89 heavy (non-hydrogen) atoms. The zero-order chi connectivity index (χ0) is 63.7. The summed E-state index contributed by atoms with van der Waals surface area (Å²) < 4.78 is 111. The normalized spacial score (nSPS) is 20.7. The number of likely N-dealkylation sites (tertiary alicyclic amines) is 2. The molecule has 2 aromatic heterocycles. The van der Waals surface area contributed by atoms with E-state index < -0.39 is 114 Å². The van der Waals surface area contributed by atoms with Crippen LogP contribution in [0.25, 0.3) is 22.1 Å². The van der Waals surface area contributed by atoms with Crippen LogP contribution in [-0.4, -0.2) is 144 Å². The van der Waals surface area contributed by atoms with Crippen molar-refractivity contribution in [2.24, 2.45) is 11.7 Å². The minimum absolute atomic E-state index is 0.0117. The number of carbonyl (C=O) groups excluding carboxylic acids is 5. The number of piperidine rings is 1. The molecule has 4 fully saturated rings. The van der Waals surface area contributed by atoms with Crippen molar-refractivity contribution in [1.82, 2.24) is 40.0 Å². The molecule has 6 heterocycles. The van der Waals surface area contributed by atoms with E-state index >= 15 is 17.6 Å². The van der Waals surface area contributed by atoms with Crippen LogP contribution in [0, 0.1) is 35.0 Å². The molecule has 26 heteroatoms. The van der Waals surface area contributed by atoms with E-state index in [4.69, 9.17) is 39.4 Å². The Kier molecular flexibility index (Phi) is 19.3. The Hall–Kier alpha value is -8.10. The number of nitrogens with two attached hydrogens (primary N) is 1. The van der Waals surface area contributed by atoms with E-state index in [2.05, 4.69) is 15.6 Å². The first-order chi connectivity index (χ1) is 42.6. The second-order valence-electron chi connectivity index (χ2n) is 23.7. The van der Waals surface area contributed by atoms with Crippen LogP contribution in [0.15, 0.2) is 60.7 Å². The monoisotopic (exact) mass is 1240 g/mol. The Morgan fingerprint density at radius 3 is 1.75 bits per heavy atom. The summed E-state index contributed by atoms with van der Waals surface area (Å²) in [5.74, 6) is -5.05. The lowest BCUT2D eigenvalue weighted by atomic mass is 9.89. The van der Waals surface area contributed by atoms with Gasteiger partial charge < -0.3 is 64.6 Å². The van der Waals surface area contributed by atoms with Gasteiger partial charge in [0, 0.05) is 69.3 Å². The summed E-state index contributed by atoms with van der Waals surface area (Å²) in [7, 11) is 5.15. The Morgan fingerprint density at radius 2 is 1.19 bits per heavy atom. The highest BCUT2D eigenvalue weighted by atomic mass is 19.1. The van der Waals surface area contributed by atoms with E-state index in [1.54, 1.807) is 60.6 Å². The number of benzene rings is 4. The number of aromatic amines is 1. The van der Waals surface area contributed by atoms with Gasteiger partial charge in [-0.3, -0.25) is 19.0 Å². The molecule has 10 rings (SSSR count). The van der Waals surface area contributed by atoms with E-state index in [0.29, 0.717) is 69.5 Å². The molecule has 4 aromatic carbocycles. The van der Waals surface area contributed by atoms with Crippen LogP contribution in [0.1, 0.15) is 137 Å². The highest BCUT2D eigenvalue weighted by Gasteiger charge is 2.44. The van der Waals surface area contributed by atoms with Gasteiger partial charge in [-0.15, -0.1) is 0 Å². The van der Waals surface area contributed by atoms with E-state index in [1.807, 2.05) is 0 Å². The average molecular weight is 1240 g/mol. The third kappa shape index (κ3) is 12.9. The highest BCUT2D eigenvalue weighted by molar-refractivity contribution is 5.88. The number of fused-ring (bicyclic) bond motifs is 2. The first-order valence-corrected chi connectivity index (χ1v) is 30.1. The van der Waals surface area contributed by atoms with E-state index in [0.717, 1.165) is 12.7 Å². The van der Waals surface area contributed by atoms with E-state index in [9.17, 15) is 28.4 Å². The maximum absolute atomic E-state index is 17.7. The SMILES string of the molecule is COC(=O)NC(C(=O)N1CCC[C@H]1c1nc2cc(F)c([C@H]3CC[C@H](c4cc5nc([C@@H]6CCCN6C(=O)C(NC(=O)OC)C(C)OC)n(COC(=O)C(N)C(C)C)c5cc4F)N3c3cc(F)c(N4CCC(c5ccc(F)cc5)CC4)c(F)c3)cc2[nH]1)C(C)OC. The van der Waals surface area contributed by atoms with Crippen molar-refractivity contribution in [3.8, 4) is 0 Å². The average Bonchev–Trinajstić information content (AvgIpc) is 1.66. The number of anilines is 2. The van der Waals surface area contributed by atoms with Gasteiger partial charge in [-0.1, -0.05) is 26.0 Å². The number of H-pyrrole nitrogens is 1. The van der Waals surface area contributed by atoms with Gasteiger partial charge in [-0.05, 0) is 119 Å². The van der Waals surface area contributed by atoms with E-state index in [-0.39, 0.29) is 81.9 Å². The summed E-state index contributed by atoms with van der Waals surface area (Å²) in [5, 5.41) is 5.14. The quantitative estimate of drug-likeness (QED) is 0.0335. The molecule has 4 saturated heterocycles. The van der Waals surface area contributed by atoms with Gasteiger partial charge in [0.2, 0.25) is 11.8 Å². The van der Waals surface area contributed by atoms with Crippen LogP contribution in [0.3, 0.4) is 0 Å². The molecule has 4 aliphatic rings. The minimum Gasteiger partial charge on any atom is -0.453 e. The predicted molar refractivity (Wildman–Crippen MR) is 318 cm³/mol. The lowest BCUT2D eigenvalue weighted by Gasteiger charge is -2.36. The fourth-order valence-corrected chi connectivity index (χ4v) is 13.1. The van der Waals surface area contributed by atoms with Crippen LogP contribution in [-0.2, 0) is 44.8 Å². The number of esters is 1. The number of amides is 4. The molecule has 0 spiro atoms. The number of imidazole rings is 2. The minimum atomic E-state index is -1.20. The predicted octanol–water partition coefficient (Wildman–Crippen LogP) is 9.40. The molecule has 4 aliphatic heterocycles. The van der Waals surface area contributed by atoms with Gasteiger partial charge in [0.25, 0.3) is 0 Å². The van der Waals surface area contributed by atoms with Gasteiger partial charge in [-0.25, -0.2) is 41.5 Å². The second-order valence-corrected chi connectivity index (χ2v) is 23.7. The topological polar surface area (TPSA) is 241 Å². The molecule has 0 aliphatic carbocycles. The van der Waals surface area contributed by atoms with Crippen LogP contribution in [0.2, 0.25) is 0 Å². The van der Waals surface area contributed by atoms with Gasteiger partial charge >= 0.3 is 18.2 Å². The number of nitrogens with one attached hydrogen (secondary N) is 3. The molecule has 478 valence electrons. The molecule has 0 bridgehead atoms. The molecule has 6 aromatic rings. The fraction of sp³-hybridized carbons (Fsp3) is 0.508. The summed E-state index contributed by atoms with van der Waals surface area (Å²) in [4.78, 5) is 86.4. The van der Waals surface area contributed by atoms with Crippen molar-refractivity contribution in [3.63, 3.8) is 0 Å². The number of methoxy groups -OCH3 is 4. The summed E-state index contributed by atoms with van der Waals surface area (Å²) in [5.41, 5.74) is 7.98. The molecule has 5 unspecified atom stereocenters. The van der Waals surface area contributed by atoms with Crippen LogP contribution < -0.4 is 26.2 Å². The summed E-state index contributed by atoms with van der Waals surface area (Å²) >= 11 is 0. The van der Waals surface area contributed by atoms with Crippen molar-refractivity contribution in [1.29, 1.82) is 0 Å². The molecule has 0 radical (unpaired) electrons. The molecule has 4 amide bonds. The molecular weight excluding hydrogens is 1170 g/mol. The number of halogens is 5. The zero-order valence-electron chi connectivity index (χ0n) is 51.0. The lowest BCUT2D eigenvalue weighted by molar-refractivity contribution is -0.150. The Labute approximate surface area is 511 Å². The van der Waals surface area contributed by atoms with Gasteiger partial charge in [0.05, 0.1) is 72.7 Å². The first-order valence-electron chi connectivity index (χ1n) is 30.1. The third-order valence-electron chi connectivity index (χ3n) is 18.2. The maximum Gasteiger partial charge on any atom is 0.407 e. The van der Waals surface area contributed by atoms with Gasteiger partial charge in [0.15, 0.2) is 18.4 Å². The second kappa shape index (κ2) is 26.9. The summed E-state index contributed by atoms with van der Waals surface area (Å²) in [6.07, 6.45) is 0.0529. The zero-order valence-corrected chi connectivity index (χ0v) is 51.0. The number of hydrogen-bond acceptors (Lipinski definition) is 15. The number of carbonyl (C=O) groups is 5. The highest BCUT2D eigenvalue weighted by Crippen LogP contribution is 2.50. The molecular formula is C63H76F5N11O10. The number of hydrogen-bond donors (Lipinski definition) is 4. The van der Waals surface area contributed by atoms with Crippen molar-refractivity contribution in [2.45, 2.75) is 146 Å². The van der Waals surface area contributed by atoms with Crippen LogP contribution >= 0.6 is 0 Å². The van der Waals surface area contributed by atoms with Crippen LogP contribution in [0.4, 0.5) is 42.9 Å². The third-order valence-corrected chi connectivity index (χ3v) is 18.2. The fourth-order valence-electron chi connectivity index (χ4n) is 13.1. The Bertz CT molecular complexity index is 3580. The summed E-state index contributed by atoms with van der Waals surface area (Å²) in [6.45, 7) is 7.40. The Balaban J connectivity index is 1.05. The molecule has 5 N–H and O–H groups in total. The largest absolute Gasteiger partial charge is 0.453 e. The molecule has 9 atom stereocenters. The number of nitrogens with zero attached hydrogens (tertiary/aromatic N) is 7. The smallest absolute Gasteiger partial charge is 0.407 e. The number of ether oxygens (including phenoxy) is 5. The van der Waals surface area contributed by atoms with Crippen LogP contribution in [0.5, 0.6) is 0 Å². The maximum atomic E-state index is 17.7. The Morgan fingerprint density at radius 1 is 0.640 bits per heavy atom. The lowest BCUT2D eigenvalue weighted by Crippen LogP contribution is -2.54. The van der Waals surface area contributed by atoms with Gasteiger partial charge in [-0.2, -0.15) is 0 Å². The summed E-state index contributed by atoms with van der Waals surface area (Å²) in [6, 6.07) is 7.37. The standard InChI is InChI=1S/C63H76F5N11O10/c1-32(2)53(69)61(82)89-31-78-52-30-42(66)40(28-47(52)72-58(78)51-12-10-22-77(51)60(81)55(34(4)86-6)74-63(84)88-8)49-18-17-48(79(49)38-25-43(67)56(44(68)26-38)75-23-19-36(20-24-75)35-13-15-37(64)16-14-35)39-27-45-46(29-41(39)65)71-57(70-45)50-11-9-21-76(50)59(80)54(33(3)85-5)73-62(83)87-7/h13-16,25-30,32-34,36,48-51,53-55H,9-12,17-24,31,69H2,1-8H3,(H,70,71)(H,73,83)(H,74,84)/t33?,34?,48-,49-,50+,51+,53?,54?,55?/m1/s1. The number of alkyl carbamates (subject to hydrolysis) is 2. The molecule has 0 saturated carbocycles. The van der Waals surface area contributed by atoms with Crippen molar-refractivity contribution < 1.29 is 69.6 Å².